The van der Waals surface area contributed by atoms with Crippen molar-refractivity contribution in [1.29, 1.82) is 0 Å². The summed E-state index contributed by atoms with van der Waals surface area (Å²) in [5.41, 5.74) is 0. The van der Waals surface area contributed by atoms with Crippen LogP contribution < -0.4 is 0 Å². The summed E-state index contributed by atoms with van der Waals surface area (Å²) >= 11 is 0. The normalized spacial score (nSPS) is 29.8. The van der Waals surface area contributed by atoms with E-state index in [1.54, 1.807) is 0 Å². The highest BCUT2D eigenvalue weighted by atomic mass is 16.5. The fourth-order valence-electron chi connectivity index (χ4n) is 3.54. The Kier molecular flexibility index (Phi) is 5.40. The number of esters is 2. The molecule has 0 N–H and O–H groups in total. The third kappa shape index (κ3) is 3.51. The lowest BCUT2D eigenvalue weighted by Gasteiger charge is -2.47. The molecule has 2 aliphatic rings. The number of carbonyl (C=O) groups is 2. The molecule has 114 valence electrons. The zero-order valence-corrected chi connectivity index (χ0v) is 12.5. The summed E-state index contributed by atoms with van der Waals surface area (Å²) in [6, 6.07) is 0.641. The standard InChI is InChI=1S/C15H25NO4/c1-3-19-14(17)10-16-12-6-5-7-13(16)9-11(8-12)15(18)20-4-2/h11-13H,3-10H2,1-2H3. The lowest BCUT2D eigenvalue weighted by atomic mass is 9.78. The monoisotopic (exact) mass is 283 g/mol. The predicted molar refractivity (Wildman–Crippen MR) is 74.1 cm³/mol. The molecule has 0 amide bonds. The molecule has 5 heteroatoms. The Hall–Kier alpha value is -1.10. The first-order chi connectivity index (χ1) is 9.65. The van der Waals surface area contributed by atoms with Gasteiger partial charge in [-0.25, -0.2) is 0 Å². The van der Waals surface area contributed by atoms with Gasteiger partial charge in [0.2, 0.25) is 0 Å². The molecule has 2 saturated heterocycles. The topological polar surface area (TPSA) is 55.8 Å². The maximum atomic E-state index is 11.9. The van der Waals surface area contributed by atoms with Crippen molar-refractivity contribution < 1.29 is 19.1 Å². The Labute approximate surface area is 120 Å². The Balaban J connectivity index is 1.97. The van der Waals surface area contributed by atoms with Gasteiger partial charge in [0, 0.05) is 12.1 Å². The average Bonchev–Trinajstić information content (AvgIpc) is 2.38. The molecule has 2 rings (SSSR count). The zero-order chi connectivity index (χ0) is 14.5. The molecule has 0 aliphatic carbocycles. The van der Waals surface area contributed by atoms with E-state index in [0.29, 0.717) is 31.8 Å². The fourth-order valence-corrected chi connectivity index (χ4v) is 3.54. The third-order valence-corrected chi connectivity index (χ3v) is 4.36. The molecule has 2 fully saturated rings. The van der Waals surface area contributed by atoms with Crippen LogP contribution in [0.2, 0.25) is 0 Å². The lowest BCUT2D eigenvalue weighted by Crippen LogP contribution is -2.55. The van der Waals surface area contributed by atoms with Crippen molar-refractivity contribution in [3.8, 4) is 0 Å². The first kappa shape index (κ1) is 15.3. The van der Waals surface area contributed by atoms with Gasteiger partial charge in [-0.15, -0.1) is 0 Å². The number of ether oxygens (including phenoxy) is 2. The average molecular weight is 283 g/mol. The van der Waals surface area contributed by atoms with E-state index < -0.39 is 0 Å². The van der Waals surface area contributed by atoms with Gasteiger partial charge in [-0.2, -0.15) is 0 Å². The highest BCUT2D eigenvalue weighted by Crippen LogP contribution is 2.37. The fraction of sp³-hybridized carbons (Fsp3) is 0.867. The smallest absolute Gasteiger partial charge is 0.320 e. The predicted octanol–water partition coefficient (Wildman–Crippen LogP) is 1.75. The summed E-state index contributed by atoms with van der Waals surface area (Å²) in [4.78, 5) is 25.9. The number of hydrogen-bond donors (Lipinski definition) is 0. The van der Waals surface area contributed by atoms with Crippen molar-refractivity contribution in [1.82, 2.24) is 4.90 Å². The molecular formula is C15H25NO4. The first-order valence-corrected chi connectivity index (χ1v) is 7.73. The molecule has 20 heavy (non-hydrogen) atoms. The minimum atomic E-state index is -0.154. The molecule has 0 aromatic heterocycles. The summed E-state index contributed by atoms with van der Waals surface area (Å²) in [6.45, 7) is 4.89. The molecule has 2 atom stereocenters. The molecule has 2 bridgehead atoms. The van der Waals surface area contributed by atoms with Crippen molar-refractivity contribution in [3.63, 3.8) is 0 Å². The second-order valence-corrected chi connectivity index (χ2v) is 5.64. The van der Waals surface area contributed by atoms with Crippen molar-refractivity contribution in [2.24, 2.45) is 5.92 Å². The summed E-state index contributed by atoms with van der Waals surface area (Å²) in [6.07, 6.45) is 4.94. The van der Waals surface area contributed by atoms with Crippen molar-refractivity contribution >= 4 is 11.9 Å². The molecule has 0 radical (unpaired) electrons. The lowest BCUT2D eigenvalue weighted by molar-refractivity contribution is -0.154. The van der Waals surface area contributed by atoms with Gasteiger partial charge >= 0.3 is 11.9 Å². The number of piperidine rings is 2. The molecule has 0 spiro atoms. The van der Waals surface area contributed by atoms with Gasteiger partial charge in [0.1, 0.15) is 0 Å². The van der Waals surface area contributed by atoms with Gasteiger partial charge in [0.15, 0.2) is 0 Å². The van der Waals surface area contributed by atoms with Crippen LogP contribution in [0.1, 0.15) is 46.0 Å². The van der Waals surface area contributed by atoms with Crippen LogP contribution in [0.4, 0.5) is 0 Å². The van der Waals surface area contributed by atoms with Crippen LogP contribution in [-0.4, -0.2) is 48.7 Å². The molecular weight excluding hydrogens is 258 g/mol. The van der Waals surface area contributed by atoms with E-state index in [0.717, 1.165) is 25.7 Å². The first-order valence-electron chi connectivity index (χ1n) is 7.73. The van der Waals surface area contributed by atoms with Crippen LogP contribution in [0.5, 0.6) is 0 Å². The van der Waals surface area contributed by atoms with Crippen molar-refractivity contribution in [2.75, 3.05) is 19.8 Å². The Bertz CT molecular complexity index is 344. The van der Waals surface area contributed by atoms with Gasteiger partial charge in [0.25, 0.3) is 0 Å². The van der Waals surface area contributed by atoms with Gasteiger partial charge in [-0.3, -0.25) is 14.5 Å². The van der Waals surface area contributed by atoms with E-state index in [1.807, 2.05) is 13.8 Å². The summed E-state index contributed by atoms with van der Waals surface area (Å²) < 4.78 is 10.2. The maximum Gasteiger partial charge on any atom is 0.320 e. The Morgan fingerprint density at radius 2 is 1.65 bits per heavy atom. The molecule has 2 aliphatic heterocycles. The van der Waals surface area contributed by atoms with Crippen LogP contribution in [0.15, 0.2) is 0 Å². The van der Waals surface area contributed by atoms with Crippen LogP contribution in [0.3, 0.4) is 0 Å². The van der Waals surface area contributed by atoms with E-state index in [9.17, 15) is 9.59 Å². The van der Waals surface area contributed by atoms with E-state index in [1.165, 1.54) is 6.42 Å². The second-order valence-electron chi connectivity index (χ2n) is 5.64. The van der Waals surface area contributed by atoms with E-state index >= 15 is 0 Å². The van der Waals surface area contributed by atoms with Gasteiger partial charge in [-0.05, 0) is 39.5 Å². The quantitative estimate of drug-likeness (QED) is 0.719. The highest BCUT2D eigenvalue weighted by Gasteiger charge is 2.41. The van der Waals surface area contributed by atoms with E-state index in [2.05, 4.69) is 4.90 Å². The SMILES string of the molecule is CCOC(=O)CN1C2CCCC1CC(C(=O)OCC)C2. The molecule has 2 unspecified atom stereocenters. The minimum absolute atomic E-state index is 0.00342. The van der Waals surface area contributed by atoms with E-state index in [4.69, 9.17) is 9.47 Å². The molecule has 0 aromatic rings. The van der Waals surface area contributed by atoms with Gasteiger partial charge < -0.3 is 9.47 Å². The number of carbonyl (C=O) groups excluding carboxylic acids is 2. The summed E-state index contributed by atoms with van der Waals surface area (Å²) in [5.74, 6) is -0.220. The Morgan fingerprint density at radius 3 is 2.20 bits per heavy atom. The number of nitrogens with zero attached hydrogens (tertiary/aromatic N) is 1. The van der Waals surface area contributed by atoms with Crippen LogP contribution in [-0.2, 0) is 19.1 Å². The molecule has 2 heterocycles. The summed E-state index contributed by atoms with van der Waals surface area (Å²) in [5, 5.41) is 0. The van der Waals surface area contributed by atoms with E-state index in [-0.39, 0.29) is 17.9 Å². The third-order valence-electron chi connectivity index (χ3n) is 4.36. The maximum absolute atomic E-state index is 11.9. The summed E-state index contributed by atoms with van der Waals surface area (Å²) in [7, 11) is 0. The number of rotatable bonds is 5. The second kappa shape index (κ2) is 7.07. The Morgan fingerprint density at radius 1 is 1.05 bits per heavy atom. The molecule has 5 nitrogen and oxygen atoms in total. The van der Waals surface area contributed by atoms with Crippen molar-refractivity contribution in [2.45, 2.75) is 58.0 Å². The van der Waals surface area contributed by atoms with Crippen LogP contribution >= 0.6 is 0 Å². The largest absolute Gasteiger partial charge is 0.466 e. The highest BCUT2D eigenvalue weighted by molar-refractivity contribution is 5.73. The number of fused-ring (bicyclic) bond motifs is 2. The van der Waals surface area contributed by atoms with Crippen LogP contribution in [0, 0.1) is 5.92 Å². The molecule has 0 aromatic carbocycles. The van der Waals surface area contributed by atoms with Crippen molar-refractivity contribution in [3.05, 3.63) is 0 Å². The number of hydrogen-bond acceptors (Lipinski definition) is 5. The minimum Gasteiger partial charge on any atom is -0.466 e. The zero-order valence-electron chi connectivity index (χ0n) is 12.5. The van der Waals surface area contributed by atoms with Gasteiger partial charge in [0.05, 0.1) is 25.7 Å². The van der Waals surface area contributed by atoms with Gasteiger partial charge in [-0.1, -0.05) is 6.42 Å². The van der Waals surface area contributed by atoms with Crippen LogP contribution in [0.25, 0.3) is 0 Å². The molecule has 0 saturated carbocycles.